The number of rotatable bonds is 3. The quantitative estimate of drug-likeness (QED) is 0.738. The van der Waals surface area contributed by atoms with Crippen LogP contribution >= 0.6 is 0 Å². The van der Waals surface area contributed by atoms with Gasteiger partial charge in [0.1, 0.15) is 11.3 Å². The lowest BCUT2D eigenvalue weighted by Gasteiger charge is -2.18. The summed E-state index contributed by atoms with van der Waals surface area (Å²) in [6.45, 7) is 3.86. The van der Waals surface area contributed by atoms with Gasteiger partial charge in [-0.15, -0.1) is 0 Å². The van der Waals surface area contributed by atoms with Crippen LogP contribution in [-0.4, -0.2) is 44.9 Å². The van der Waals surface area contributed by atoms with Gasteiger partial charge in [-0.2, -0.15) is 0 Å². The van der Waals surface area contributed by atoms with E-state index in [1.807, 2.05) is 30.3 Å². The van der Waals surface area contributed by atoms with Gasteiger partial charge in [-0.05, 0) is 25.5 Å². The Morgan fingerprint density at radius 2 is 1.76 bits per heavy atom. The second kappa shape index (κ2) is 7.24. The van der Waals surface area contributed by atoms with Crippen molar-refractivity contribution < 1.29 is 19.1 Å². The highest BCUT2D eigenvalue weighted by Gasteiger charge is 2.41. The Hall–Kier alpha value is -3.35. The highest BCUT2D eigenvalue weighted by Crippen LogP contribution is 2.34. The number of aliphatic carboxylic acids is 1. The molecular formula is C22H20FN3O3. The molecule has 29 heavy (non-hydrogen) atoms. The van der Waals surface area contributed by atoms with Crippen LogP contribution in [0.1, 0.15) is 33.2 Å². The maximum Gasteiger partial charge on any atom is 0.308 e. The average Bonchev–Trinajstić information content (AvgIpc) is 3.15. The molecule has 2 atom stereocenters. The summed E-state index contributed by atoms with van der Waals surface area (Å²) in [5.74, 6) is -3.02. The fourth-order valence-corrected chi connectivity index (χ4v) is 3.89. The molecule has 1 aliphatic rings. The number of hydrogen-bond donors (Lipinski definition) is 1. The number of benzene rings is 2. The van der Waals surface area contributed by atoms with E-state index in [2.05, 4.69) is 9.97 Å². The van der Waals surface area contributed by atoms with Crippen molar-refractivity contribution >= 4 is 22.9 Å². The van der Waals surface area contributed by atoms with Gasteiger partial charge in [-0.1, -0.05) is 30.3 Å². The fourth-order valence-electron chi connectivity index (χ4n) is 3.89. The van der Waals surface area contributed by atoms with Crippen molar-refractivity contribution in [1.82, 2.24) is 14.9 Å². The molecule has 1 aliphatic heterocycles. The van der Waals surface area contributed by atoms with Gasteiger partial charge < -0.3 is 10.0 Å². The largest absolute Gasteiger partial charge is 0.481 e. The normalized spacial score (nSPS) is 18.9. The van der Waals surface area contributed by atoms with E-state index in [0.29, 0.717) is 22.4 Å². The second-order valence-corrected chi connectivity index (χ2v) is 7.39. The van der Waals surface area contributed by atoms with Gasteiger partial charge in [0.2, 0.25) is 0 Å². The van der Waals surface area contributed by atoms with Crippen LogP contribution in [0.15, 0.2) is 42.5 Å². The number of halogens is 1. The van der Waals surface area contributed by atoms with Crippen LogP contribution in [0.3, 0.4) is 0 Å². The summed E-state index contributed by atoms with van der Waals surface area (Å²) >= 11 is 0. The highest BCUT2D eigenvalue weighted by molar-refractivity contribution is 6.05. The summed E-state index contributed by atoms with van der Waals surface area (Å²) in [5.41, 5.74) is 2.93. The van der Waals surface area contributed by atoms with Gasteiger partial charge in [0.15, 0.2) is 0 Å². The SMILES string of the molecule is Cc1nc2cc(F)cc(C(=O)N3C[C@H](C(=O)O)[C@H](c4ccccc4)C3)c2nc1C. The van der Waals surface area contributed by atoms with Gasteiger partial charge in [-0.3, -0.25) is 9.59 Å². The Morgan fingerprint density at radius 3 is 2.45 bits per heavy atom. The lowest BCUT2D eigenvalue weighted by molar-refractivity contribution is -0.141. The van der Waals surface area contributed by atoms with Crippen molar-refractivity contribution in [1.29, 1.82) is 0 Å². The smallest absolute Gasteiger partial charge is 0.308 e. The number of carboxylic acids is 1. The number of fused-ring (bicyclic) bond motifs is 1. The Bertz CT molecular complexity index is 1120. The second-order valence-electron chi connectivity index (χ2n) is 7.39. The van der Waals surface area contributed by atoms with E-state index >= 15 is 0 Å². The molecule has 0 saturated carbocycles. The molecule has 1 fully saturated rings. The Labute approximate surface area is 167 Å². The number of carbonyl (C=O) groups is 2. The molecule has 6 nitrogen and oxygen atoms in total. The topological polar surface area (TPSA) is 83.4 Å². The van der Waals surface area contributed by atoms with Crippen LogP contribution in [0.2, 0.25) is 0 Å². The third-order valence-corrected chi connectivity index (χ3v) is 5.53. The summed E-state index contributed by atoms with van der Waals surface area (Å²) in [5, 5.41) is 9.68. The van der Waals surface area contributed by atoms with Crippen molar-refractivity contribution in [2.75, 3.05) is 13.1 Å². The zero-order chi connectivity index (χ0) is 20.7. The van der Waals surface area contributed by atoms with E-state index in [4.69, 9.17) is 0 Å². The van der Waals surface area contributed by atoms with Crippen LogP contribution in [0.4, 0.5) is 4.39 Å². The molecule has 148 valence electrons. The van der Waals surface area contributed by atoms with Gasteiger partial charge in [-0.25, -0.2) is 14.4 Å². The molecule has 0 aliphatic carbocycles. The van der Waals surface area contributed by atoms with Crippen molar-refractivity contribution in [3.05, 3.63) is 70.8 Å². The summed E-state index contributed by atoms with van der Waals surface area (Å²) in [6, 6.07) is 11.7. The third kappa shape index (κ3) is 3.44. The number of nitrogens with zero attached hydrogens (tertiary/aromatic N) is 3. The van der Waals surface area contributed by atoms with Crippen LogP contribution in [0.5, 0.6) is 0 Å². The van der Waals surface area contributed by atoms with Gasteiger partial charge in [0, 0.05) is 25.1 Å². The molecule has 7 heteroatoms. The van der Waals surface area contributed by atoms with Crippen LogP contribution in [-0.2, 0) is 4.79 Å². The Morgan fingerprint density at radius 1 is 1.07 bits per heavy atom. The molecule has 1 aromatic heterocycles. The lowest BCUT2D eigenvalue weighted by Crippen LogP contribution is -2.30. The molecule has 1 saturated heterocycles. The van der Waals surface area contributed by atoms with Crippen LogP contribution in [0, 0.1) is 25.6 Å². The summed E-state index contributed by atoms with van der Waals surface area (Å²) in [4.78, 5) is 35.3. The number of aryl methyl sites for hydroxylation is 2. The molecule has 2 aromatic carbocycles. The van der Waals surface area contributed by atoms with Crippen molar-refractivity contribution in [3.63, 3.8) is 0 Å². The minimum absolute atomic E-state index is 0.0595. The summed E-state index contributed by atoms with van der Waals surface area (Å²) in [6.07, 6.45) is 0. The number of likely N-dealkylation sites (tertiary alicyclic amines) is 1. The van der Waals surface area contributed by atoms with Crippen molar-refractivity contribution in [2.45, 2.75) is 19.8 Å². The highest BCUT2D eigenvalue weighted by atomic mass is 19.1. The van der Waals surface area contributed by atoms with E-state index in [-0.39, 0.29) is 24.6 Å². The monoisotopic (exact) mass is 393 g/mol. The Balaban J connectivity index is 1.73. The van der Waals surface area contributed by atoms with E-state index < -0.39 is 23.6 Å². The predicted octanol–water partition coefficient (Wildman–Crippen LogP) is 3.33. The first kappa shape index (κ1) is 19.0. The molecule has 1 amide bonds. The summed E-state index contributed by atoms with van der Waals surface area (Å²) < 4.78 is 14.2. The van der Waals surface area contributed by atoms with Crippen molar-refractivity contribution in [2.24, 2.45) is 5.92 Å². The summed E-state index contributed by atoms with van der Waals surface area (Å²) in [7, 11) is 0. The third-order valence-electron chi connectivity index (χ3n) is 5.53. The number of carboxylic acid groups (broad SMARTS) is 1. The molecule has 0 radical (unpaired) electrons. The first-order valence-corrected chi connectivity index (χ1v) is 9.36. The minimum Gasteiger partial charge on any atom is -0.481 e. The molecule has 0 spiro atoms. The lowest BCUT2D eigenvalue weighted by atomic mass is 9.89. The molecular weight excluding hydrogens is 373 g/mol. The molecule has 0 bridgehead atoms. The van der Waals surface area contributed by atoms with Crippen molar-refractivity contribution in [3.8, 4) is 0 Å². The van der Waals surface area contributed by atoms with E-state index in [1.54, 1.807) is 13.8 Å². The Kier molecular flexibility index (Phi) is 4.74. The van der Waals surface area contributed by atoms with E-state index in [1.165, 1.54) is 11.0 Å². The fraction of sp³-hybridized carbons (Fsp3) is 0.273. The number of hydrogen-bond acceptors (Lipinski definition) is 4. The molecule has 3 aromatic rings. The van der Waals surface area contributed by atoms with Gasteiger partial charge >= 0.3 is 5.97 Å². The number of aromatic nitrogens is 2. The van der Waals surface area contributed by atoms with E-state index in [9.17, 15) is 19.1 Å². The zero-order valence-electron chi connectivity index (χ0n) is 16.1. The first-order chi connectivity index (χ1) is 13.8. The molecule has 4 rings (SSSR count). The first-order valence-electron chi connectivity index (χ1n) is 9.36. The predicted molar refractivity (Wildman–Crippen MR) is 105 cm³/mol. The number of carbonyl (C=O) groups excluding carboxylic acids is 1. The number of amides is 1. The zero-order valence-corrected chi connectivity index (χ0v) is 16.1. The van der Waals surface area contributed by atoms with E-state index in [0.717, 1.165) is 11.6 Å². The van der Waals surface area contributed by atoms with Gasteiger partial charge in [0.05, 0.1) is 28.4 Å². The van der Waals surface area contributed by atoms with Gasteiger partial charge in [0.25, 0.3) is 5.91 Å². The average molecular weight is 393 g/mol. The minimum atomic E-state index is -0.954. The standard InChI is InChI=1S/C22H20FN3O3/c1-12-13(2)25-20-16(8-15(23)9-19(20)24-12)21(27)26-10-17(18(11-26)22(28)29)14-6-4-3-5-7-14/h3-9,17-18H,10-11H2,1-2H3,(H,28,29)/t17-,18-/m0/s1. The molecule has 0 unspecified atom stereocenters. The maximum atomic E-state index is 14.2. The van der Waals surface area contributed by atoms with Crippen LogP contribution in [0.25, 0.3) is 11.0 Å². The molecule has 2 heterocycles. The van der Waals surface area contributed by atoms with Crippen LogP contribution < -0.4 is 0 Å². The molecule has 1 N–H and O–H groups in total. The maximum absolute atomic E-state index is 14.2.